The highest BCUT2D eigenvalue weighted by Gasteiger charge is 2.41. The number of benzene rings is 2. The molecule has 1 aromatic heterocycles. The molecule has 14 nitrogen and oxygen atoms in total. The number of hydrogen-bond donors (Lipinski definition) is 3. The van der Waals surface area contributed by atoms with Crippen molar-refractivity contribution in [2.75, 3.05) is 26.2 Å². The van der Waals surface area contributed by atoms with Crippen molar-refractivity contribution in [1.82, 2.24) is 24.4 Å². The fourth-order valence-corrected chi connectivity index (χ4v) is 7.91. The van der Waals surface area contributed by atoms with Crippen molar-refractivity contribution < 1.29 is 33.1 Å². The SMILES string of the molecule is CC(C)CN(C[C@H](O)[C@H](Cc1ccccc1)NC(=O)[C@H](C(C)C)N1CCN(Cc2csc([N+](=O)[O-])n2)C1=O)S(=O)(=O)c1ccc(O)cc1. The highest BCUT2D eigenvalue weighted by Crippen LogP contribution is 2.25. The highest BCUT2D eigenvalue weighted by atomic mass is 32.2. The van der Waals surface area contributed by atoms with Crippen molar-refractivity contribution in [2.24, 2.45) is 11.8 Å². The van der Waals surface area contributed by atoms with Gasteiger partial charge in [-0.15, -0.1) is 0 Å². The van der Waals surface area contributed by atoms with E-state index in [1.807, 2.05) is 44.2 Å². The van der Waals surface area contributed by atoms with Gasteiger partial charge in [-0.3, -0.25) is 4.79 Å². The zero-order valence-corrected chi connectivity index (χ0v) is 28.9. The van der Waals surface area contributed by atoms with Crippen LogP contribution < -0.4 is 5.32 Å². The fourth-order valence-electron chi connectivity index (χ4n) is 5.66. The highest BCUT2D eigenvalue weighted by molar-refractivity contribution is 7.89. The molecule has 0 aliphatic carbocycles. The predicted molar refractivity (Wildman–Crippen MR) is 180 cm³/mol. The number of urea groups is 1. The van der Waals surface area contributed by atoms with E-state index in [2.05, 4.69) is 10.3 Å². The van der Waals surface area contributed by atoms with Crippen LogP contribution >= 0.6 is 11.3 Å². The lowest BCUT2D eigenvalue weighted by Crippen LogP contribution is -2.57. The molecule has 2 aromatic carbocycles. The average Bonchev–Trinajstić information content (AvgIpc) is 3.64. The first-order valence-corrected chi connectivity index (χ1v) is 17.9. The molecule has 3 N–H and O–H groups in total. The lowest BCUT2D eigenvalue weighted by atomic mass is 9.97. The van der Waals surface area contributed by atoms with Crippen LogP contribution in [0, 0.1) is 22.0 Å². The van der Waals surface area contributed by atoms with Gasteiger partial charge < -0.3 is 35.4 Å². The molecule has 260 valence electrons. The number of aromatic nitrogens is 1. The predicted octanol–water partition coefficient (Wildman–Crippen LogP) is 3.45. The summed E-state index contributed by atoms with van der Waals surface area (Å²) in [5.74, 6) is -0.991. The summed E-state index contributed by atoms with van der Waals surface area (Å²) in [6.45, 7) is 7.69. The Morgan fingerprint density at radius 3 is 2.33 bits per heavy atom. The van der Waals surface area contributed by atoms with Crippen LogP contribution in [0.4, 0.5) is 9.93 Å². The first-order valence-electron chi connectivity index (χ1n) is 15.6. The molecule has 4 rings (SSSR count). The normalized spacial score (nSPS) is 15.7. The van der Waals surface area contributed by atoms with Crippen molar-refractivity contribution in [1.29, 1.82) is 0 Å². The number of carbonyl (C=O) groups is 2. The third-order valence-electron chi connectivity index (χ3n) is 7.94. The minimum Gasteiger partial charge on any atom is -0.508 e. The zero-order chi connectivity index (χ0) is 35.2. The minimum absolute atomic E-state index is 0.0407. The van der Waals surface area contributed by atoms with Crippen LogP contribution in [-0.2, 0) is 27.8 Å². The van der Waals surface area contributed by atoms with E-state index in [-0.39, 0.29) is 66.8 Å². The summed E-state index contributed by atoms with van der Waals surface area (Å²) in [5.41, 5.74) is 1.19. The molecule has 16 heteroatoms. The van der Waals surface area contributed by atoms with Crippen LogP contribution in [0.5, 0.6) is 5.75 Å². The van der Waals surface area contributed by atoms with Crippen LogP contribution in [0.2, 0.25) is 0 Å². The van der Waals surface area contributed by atoms with Gasteiger partial charge in [-0.05, 0) is 69.3 Å². The maximum absolute atomic E-state index is 14.0. The number of rotatable bonds is 16. The lowest BCUT2D eigenvalue weighted by Gasteiger charge is -2.34. The monoisotopic (exact) mass is 702 g/mol. The second-order valence-electron chi connectivity index (χ2n) is 12.5. The molecule has 1 aliphatic heterocycles. The van der Waals surface area contributed by atoms with E-state index < -0.39 is 45.1 Å². The maximum atomic E-state index is 14.0. The fraction of sp³-hybridized carbons (Fsp3) is 0.469. The van der Waals surface area contributed by atoms with Crippen molar-refractivity contribution in [3.8, 4) is 5.75 Å². The molecule has 0 spiro atoms. The van der Waals surface area contributed by atoms with Crippen molar-refractivity contribution >= 4 is 38.4 Å². The smallest absolute Gasteiger partial charge is 0.423 e. The summed E-state index contributed by atoms with van der Waals surface area (Å²) in [6, 6.07) is 12.1. The van der Waals surface area contributed by atoms with Gasteiger partial charge in [0.2, 0.25) is 15.9 Å². The summed E-state index contributed by atoms with van der Waals surface area (Å²) < 4.78 is 28.5. The number of aliphatic hydroxyl groups is 1. The maximum Gasteiger partial charge on any atom is 0.423 e. The molecule has 0 bridgehead atoms. The number of nitrogens with zero attached hydrogens (tertiary/aromatic N) is 5. The second-order valence-corrected chi connectivity index (χ2v) is 15.3. The van der Waals surface area contributed by atoms with Crippen LogP contribution in [0.25, 0.3) is 0 Å². The van der Waals surface area contributed by atoms with Crippen LogP contribution in [0.1, 0.15) is 39.0 Å². The molecule has 0 radical (unpaired) electrons. The number of aliphatic hydroxyl groups excluding tert-OH is 1. The Labute approximate surface area is 284 Å². The number of carbonyl (C=O) groups excluding carboxylic acids is 2. The first kappa shape index (κ1) is 36.7. The Morgan fingerprint density at radius 2 is 1.75 bits per heavy atom. The third-order valence-corrected chi connectivity index (χ3v) is 10.6. The van der Waals surface area contributed by atoms with E-state index >= 15 is 0 Å². The molecule has 48 heavy (non-hydrogen) atoms. The number of amides is 3. The number of aromatic hydroxyl groups is 1. The third kappa shape index (κ3) is 9.06. The van der Waals surface area contributed by atoms with Gasteiger partial charge in [-0.2, -0.15) is 4.31 Å². The Balaban J connectivity index is 1.56. The van der Waals surface area contributed by atoms with E-state index in [1.54, 1.807) is 13.8 Å². The van der Waals surface area contributed by atoms with Gasteiger partial charge in [-0.25, -0.2) is 13.2 Å². The number of hydrogen-bond acceptors (Lipinski definition) is 10. The lowest BCUT2D eigenvalue weighted by molar-refractivity contribution is -0.384. The first-order chi connectivity index (χ1) is 22.7. The number of phenolic OH excluding ortho intramolecular Hbond substituents is 1. The standard InChI is InChI=1S/C32H42N6O8S2/c1-21(2)17-36(48(45,46)26-12-10-25(39)11-13-26)19-28(40)27(16-23-8-6-5-7-9-23)34-30(41)29(22(3)4)37-15-14-35(32(37)42)18-24-20-47-31(33-24)38(43)44/h5-13,20-22,27-29,39-40H,14-19H2,1-4H3,(H,34,41)/t27-,28-,29-/m0/s1. The van der Waals surface area contributed by atoms with Crippen molar-refractivity contribution in [3.63, 3.8) is 0 Å². The van der Waals surface area contributed by atoms with E-state index in [0.29, 0.717) is 5.69 Å². The molecule has 3 amide bonds. The molecular formula is C32H42N6O8S2. The summed E-state index contributed by atoms with van der Waals surface area (Å²) in [7, 11) is -4.08. The van der Waals surface area contributed by atoms with Crippen molar-refractivity contribution in [2.45, 2.75) is 63.7 Å². The van der Waals surface area contributed by atoms with Crippen LogP contribution in [0.15, 0.2) is 64.9 Å². The number of thiazole rings is 1. The molecule has 3 atom stereocenters. The Hall–Kier alpha value is -4.12. The van der Waals surface area contributed by atoms with E-state index in [4.69, 9.17) is 0 Å². The summed E-state index contributed by atoms with van der Waals surface area (Å²) in [6.07, 6.45) is -1.14. The molecule has 1 fully saturated rings. The number of nitrogens with one attached hydrogen (secondary N) is 1. The molecule has 1 aliphatic rings. The summed E-state index contributed by atoms with van der Waals surface area (Å²) >= 11 is 0.876. The molecule has 0 saturated carbocycles. The van der Waals surface area contributed by atoms with Gasteiger partial charge >= 0.3 is 11.2 Å². The van der Waals surface area contributed by atoms with Gasteiger partial charge in [0.25, 0.3) is 0 Å². The number of sulfonamides is 1. The Kier molecular flexibility index (Phi) is 12.1. The topological polar surface area (TPSA) is 187 Å². The van der Waals surface area contributed by atoms with Gasteiger partial charge in [0.15, 0.2) is 5.69 Å². The molecule has 0 unspecified atom stereocenters. The van der Waals surface area contributed by atoms with Gasteiger partial charge in [0.05, 0.1) is 23.6 Å². The zero-order valence-electron chi connectivity index (χ0n) is 27.3. The van der Waals surface area contributed by atoms with Crippen LogP contribution in [-0.4, -0.2) is 98.9 Å². The second kappa shape index (κ2) is 15.9. The Bertz CT molecular complexity index is 1670. The largest absolute Gasteiger partial charge is 0.508 e. The van der Waals surface area contributed by atoms with Gasteiger partial charge in [0.1, 0.15) is 11.8 Å². The number of nitro groups is 1. The minimum atomic E-state index is -4.08. The van der Waals surface area contributed by atoms with E-state index in [0.717, 1.165) is 16.9 Å². The quantitative estimate of drug-likeness (QED) is 0.148. The van der Waals surface area contributed by atoms with E-state index in [1.165, 1.54) is 43.8 Å². The van der Waals surface area contributed by atoms with Crippen LogP contribution in [0.3, 0.4) is 0 Å². The summed E-state index contributed by atoms with van der Waals surface area (Å²) in [4.78, 5) is 44.8. The molecule has 3 aromatic rings. The molecular weight excluding hydrogens is 661 g/mol. The van der Waals surface area contributed by atoms with E-state index in [9.17, 15) is 38.3 Å². The summed E-state index contributed by atoms with van der Waals surface area (Å²) in [5, 5.41) is 36.6. The van der Waals surface area contributed by atoms with Gasteiger partial charge in [0, 0.05) is 31.6 Å². The molecule has 2 heterocycles. The Morgan fingerprint density at radius 1 is 1.08 bits per heavy atom. The van der Waals surface area contributed by atoms with Crippen molar-refractivity contribution in [3.05, 3.63) is 81.3 Å². The molecule has 1 saturated heterocycles. The number of phenols is 1. The van der Waals surface area contributed by atoms with Gasteiger partial charge in [-0.1, -0.05) is 58.0 Å². The average molecular weight is 703 g/mol.